The molecular formula is C10H16N2O4. The number of aromatic nitrogens is 1. The lowest BCUT2D eigenvalue weighted by Crippen LogP contribution is -2.25. The maximum absolute atomic E-state index is 10.5. The topological polar surface area (TPSA) is 95.6 Å². The molecule has 1 unspecified atom stereocenters. The lowest BCUT2D eigenvalue weighted by atomic mass is 10.0. The van der Waals surface area contributed by atoms with Crippen LogP contribution in [0.1, 0.15) is 30.8 Å². The molecule has 0 saturated heterocycles. The van der Waals surface area contributed by atoms with Gasteiger partial charge in [-0.25, -0.2) is 4.79 Å². The molecule has 1 rings (SSSR count). The molecule has 6 heteroatoms. The number of carboxylic acid groups (broad SMARTS) is 1. The van der Waals surface area contributed by atoms with Gasteiger partial charge >= 0.3 is 5.97 Å². The minimum atomic E-state index is -1.14. The third-order valence-corrected chi connectivity index (χ3v) is 2.03. The summed E-state index contributed by atoms with van der Waals surface area (Å²) in [6.07, 6.45) is 1.82. The van der Waals surface area contributed by atoms with Gasteiger partial charge in [-0.3, -0.25) is 0 Å². The van der Waals surface area contributed by atoms with Crippen molar-refractivity contribution in [2.45, 2.75) is 26.3 Å². The van der Waals surface area contributed by atoms with Crippen molar-refractivity contribution in [1.82, 2.24) is 4.98 Å². The maximum Gasteiger partial charge on any atom is 0.357 e. The average Bonchev–Trinajstić information content (AvgIpc) is 2.64. The van der Waals surface area contributed by atoms with Crippen molar-refractivity contribution in [2.24, 2.45) is 5.92 Å². The molecule has 3 N–H and O–H groups in total. The van der Waals surface area contributed by atoms with E-state index in [4.69, 9.17) is 14.6 Å². The van der Waals surface area contributed by atoms with Gasteiger partial charge in [0.25, 0.3) is 6.01 Å². The average molecular weight is 228 g/mol. The Kier molecular flexibility index (Phi) is 4.30. The Morgan fingerprint density at radius 1 is 1.62 bits per heavy atom. The summed E-state index contributed by atoms with van der Waals surface area (Å²) in [5, 5.41) is 20.6. The first-order chi connectivity index (χ1) is 7.52. The number of nitrogens with one attached hydrogen (secondary N) is 1. The van der Waals surface area contributed by atoms with Gasteiger partial charge in [0.2, 0.25) is 0 Å². The lowest BCUT2D eigenvalue weighted by Gasteiger charge is -2.16. The zero-order valence-corrected chi connectivity index (χ0v) is 9.30. The molecule has 1 heterocycles. The summed E-state index contributed by atoms with van der Waals surface area (Å²) >= 11 is 0. The minimum Gasteiger partial charge on any atom is -0.476 e. The van der Waals surface area contributed by atoms with Crippen LogP contribution in [0.25, 0.3) is 0 Å². The number of carboxylic acids is 1. The molecule has 0 aliphatic carbocycles. The highest BCUT2D eigenvalue weighted by Gasteiger charge is 2.15. The largest absolute Gasteiger partial charge is 0.476 e. The van der Waals surface area contributed by atoms with Crippen LogP contribution in [0, 0.1) is 5.92 Å². The van der Waals surface area contributed by atoms with Crippen molar-refractivity contribution < 1.29 is 19.4 Å². The third kappa shape index (κ3) is 3.54. The predicted octanol–water partition coefficient (Wildman–Crippen LogP) is 1.19. The fourth-order valence-electron chi connectivity index (χ4n) is 1.36. The van der Waals surface area contributed by atoms with Gasteiger partial charge in [-0.05, 0) is 12.3 Å². The van der Waals surface area contributed by atoms with E-state index < -0.39 is 5.97 Å². The molecule has 0 radical (unpaired) electrons. The maximum atomic E-state index is 10.5. The monoisotopic (exact) mass is 228 g/mol. The molecule has 0 aliphatic rings. The van der Waals surface area contributed by atoms with Crippen molar-refractivity contribution in [3.05, 3.63) is 12.0 Å². The van der Waals surface area contributed by atoms with E-state index in [0.717, 1.165) is 12.7 Å². The lowest BCUT2D eigenvalue weighted by molar-refractivity contribution is 0.0690. The summed E-state index contributed by atoms with van der Waals surface area (Å²) in [5.41, 5.74) is -0.149. The Morgan fingerprint density at radius 2 is 2.31 bits per heavy atom. The van der Waals surface area contributed by atoms with Gasteiger partial charge < -0.3 is 19.9 Å². The Morgan fingerprint density at radius 3 is 2.75 bits per heavy atom. The molecule has 0 bridgehead atoms. The first-order valence-corrected chi connectivity index (χ1v) is 5.09. The molecule has 6 nitrogen and oxygen atoms in total. The molecule has 0 saturated carbocycles. The molecule has 0 amide bonds. The normalized spacial score (nSPS) is 12.8. The fraction of sp³-hybridized carbons (Fsp3) is 0.600. The first kappa shape index (κ1) is 12.5. The second kappa shape index (κ2) is 5.50. The van der Waals surface area contributed by atoms with Gasteiger partial charge in [-0.2, -0.15) is 4.98 Å². The number of aliphatic hydroxyl groups excluding tert-OH is 1. The summed E-state index contributed by atoms with van der Waals surface area (Å²) in [6, 6.07) is -0.0580. The van der Waals surface area contributed by atoms with E-state index in [2.05, 4.69) is 10.3 Å². The molecule has 0 aliphatic heterocycles. The van der Waals surface area contributed by atoms with Crippen LogP contribution in [-0.2, 0) is 0 Å². The van der Waals surface area contributed by atoms with E-state index in [-0.39, 0.29) is 24.4 Å². The number of aliphatic hydroxyl groups is 1. The first-order valence-electron chi connectivity index (χ1n) is 5.09. The molecule has 1 aromatic heterocycles. The van der Waals surface area contributed by atoms with Crippen molar-refractivity contribution >= 4 is 12.0 Å². The van der Waals surface area contributed by atoms with Crippen LogP contribution >= 0.6 is 0 Å². The van der Waals surface area contributed by atoms with Gasteiger partial charge in [0.15, 0.2) is 5.69 Å². The summed E-state index contributed by atoms with van der Waals surface area (Å²) in [5.74, 6) is -0.722. The number of hydrogen-bond acceptors (Lipinski definition) is 5. The number of oxazole rings is 1. The van der Waals surface area contributed by atoms with Crippen molar-refractivity contribution in [1.29, 1.82) is 0 Å². The zero-order valence-electron chi connectivity index (χ0n) is 9.30. The van der Waals surface area contributed by atoms with Crippen molar-refractivity contribution in [3.63, 3.8) is 0 Å². The number of nitrogens with zero attached hydrogens (tertiary/aromatic N) is 1. The van der Waals surface area contributed by atoms with Gasteiger partial charge in [0.05, 0.1) is 12.6 Å². The van der Waals surface area contributed by atoms with Crippen LogP contribution in [0.15, 0.2) is 10.7 Å². The Bertz CT molecular complexity index is 348. The Hall–Kier alpha value is -1.56. The molecule has 90 valence electrons. The molecule has 0 aromatic carbocycles. The number of carbonyl (C=O) groups is 1. The van der Waals surface area contributed by atoms with Gasteiger partial charge in [0.1, 0.15) is 6.26 Å². The summed E-state index contributed by atoms with van der Waals surface area (Å²) in [7, 11) is 0. The SMILES string of the molecule is CC(C)CC(CO)Nc1nc(C(=O)O)co1. The van der Waals surface area contributed by atoms with Crippen LogP contribution in [0.2, 0.25) is 0 Å². The quantitative estimate of drug-likeness (QED) is 0.677. The molecule has 0 spiro atoms. The highest BCUT2D eigenvalue weighted by Crippen LogP contribution is 2.12. The number of hydrogen-bond donors (Lipinski definition) is 3. The molecular weight excluding hydrogens is 212 g/mol. The van der Waals surface area contributed by atoms with Crippen LogP contribution < -0.4 is 5.32 Å². The van der Waals surface area contributed by atoms with E-state index in [1.54, 1.807) is 0 Å². The Balaban J connectivity index is 2.59. The highest BCUT2D eigenvalue weighted by molar-refractivity contribution is 5.85. The van der Waals surface area contributed by atoms with E-state index >= 15 is 0 Å². The molecule has 0 fully saturated rings. The smallest absolute Gasteiger partial charge is 0.357 e. The second-order valence-corrected chi connectivity index (χ2v) is 4.00. The summed E-state index contributed by atoms with van der Waals surface area (Å²) in [6.45, 7) is 4.01. The van der Waals surface area contributed by atoms with Crippen LogP contribution in [0.3, 0.4) is 0 Å². The van der Waals surface area contributed by atoms with Crippen molar-refractivity contribution in [2.75, 3.05) is 11.9 Å². The number of rotatable bonds is 6. The highest BCUT2D eigenvalue weighted by atomic mass is 16.4. The number of aromatic carboxylic acids is 1. The summed E-state index contributed by atoms with van der Waals surface area (Å²) in [4.78, 5) is 14.3. The van der Waals surface area contributed by atoms with Crippen LogP contribution in [0.5, 0.6) is 0 Å². The van der Waals surface area contributed by atoms with Crippen LogP contribution in [-0.4, -0.2) is 33.8 Å². The fourth-order valence-corrected chi connectivity index (χ4v) is 1.36. The Labute approximate surface area is 93.3 Å². The van der Waals surface area contributed by atoms with Gasteiger partial charge in [0, 0.05) is 0 Å². The van der Waals surface area contributed by atoms with E-state index in [1.807, 2.05) is 13.8 Å². The second-order valence-electron chi connectivity index (χ2n) is 4.00. The van der Waals surface area contributed by atoms with Crippen LogP contribution in [0.4, 0.5) is 6.01 Å². The van der Waals surface area contributed by atoms with E-state index in [1.165, 1.54) is 0 Å². The minimum absolute atomic E-state index is 0.0526. The zero-order chi connectivity index (χ0) is 12.1. The summed E-state index contributed by atoms with van der Waals surface area (Å²) < 4.78 is 4.93. The predicted molar refractivity (Wildman–Crippen MR) is 57.4 cm³/mol. The standard InChI is InChI=1S/C10H16N2O4/c1-6(2)3-7(4-13)11-10-12-8(5-16-10)9(14)15/h5-7,13H,3-4H2,1-2H3,(H,11,12)(H,14,15). The third-order valence-electron chi connectivity index (χ3n) is 2.03. The van der Waals surface area contributed by atoms with Gasteiger partial charge in [-0.15, -0.1) is 0 Å². The molecule has 16 heavy (non-hydrogen) atoms. The number of anilines is 1. The van der Waals surface area contributed by atoms with E-state index in [9.17, 15) is 4.79 Å². The molecule has 1 aromatic rings. The molecule has 1 atom stereocenters. The van der Waals surface area contributed by atoms with E-state index in [0.29, 0.717) is 5.92 Å². The van der Waals surface area contributed by atoms with Crippen molar-refractivity contribution in [3.8, 4) is 0 Å². The van der Waals surface area contributed by atoms with Gasteiger partial charge in [-0.1, -0.05) is 13.8 Å².